The van der Waals surface area contributed by atoms with E-state index in [0.29, 0.717) is 12.1 Å². The fourth-order valence-electron chi connectivity index (χ4n) is 3.44. The van der Waals surface area contributed by atoms with Crippen molar-refractivity contribution in [1.82, 2.24) is 25.9 Å². The lowest BCUT2D eigenvalue weighted by molar-refractivity contribution is -0.143. The van der Waals surface area contributed by atoms with Crippen LogP contribution in [0.4, 0.5) is 0 Å². The first-order valence-corrected chi connectivity index (χ1v) is 12.0. The Morgan fingerprint density at radius 3 is 2.17 bits per heavy atom. The minimum absolute atomic E-state index is 0.00386. The van der Waals surface area contributed by atoms with E-state index in [9.17, 15) is 29.1 Å². The first-order chi connectivity index (χ1) is 16.8. The molecular formula is C23H39N7O6. The van der Waals surface area contributed by atoms with Crippen LogP contribution >= 0.6 is 0 Å². The zero-order valence-corrected chi connectivity index (χ0v) is 21.2. The number of nitrogens with zero attached hydrogens (tertiary/aromatic N) is 1. The molecule has 5 unspecified atom stereocenters. The van der Waals surface area contributed by atoms with Crippen LogP contribution in [0, 0.1) is 11.8 Å². The number of aromatic nitrogens is 2. The third-order valence-corrected chi connectivity index (χ3v) is 5.77. The van der Waals surface area contributed by atoms with Gasteiger partial charge in [-0.05, 0) is 24.7 Å². The Bertz CT molecular complexity index is 890. The lowest BCUT2D eigenvalue weighted by Gasteiger charge is -2.28. The van der Waals surface area contributed by atoms with Crippen LogP contribution in [0.1, 0.15) is 59.1 Å². The molecule has 13 nitrogen and oxygen atoms in total. The number of nitrogens with two attached hydrogens (primary N) is 2. The molecule has 0 fully saturated rings. The Labute approximate surface area is 210 Å². The van der Waals surface area contributed by atoms with Gasteiger partial charge in [0.15, 0.2) is 0 Å². The van der Waals surface area contributed by atoms with Crippen molar-refractivity contribution < 1.29 is 29.1 Å². The molecule has 0 spiro atoms. The van der Waals surface area contributed by atoms with Crippen molar-refractivity contribution >= 4 is 29.6 Å². The Morgan fingerprint density at radius 1 is 1.03 bits per heavy atom. The van der Waals surface area contributed by atoms with Gasteiger partial charge in [-0.15, -0.1) is 0 Å². The lowest BCUT2D eigenvalue weighted by Crippen LogP contribution is -2.59. The number of hydrogen-bond donors (Lipinski definition) is 7. The highest BCUT2D eigenvalue weighted by molar-refractivity contribution is 5.94. The lowest BCUT2D eigenvalue weighted by atomic mass is 9.96. The van der Waals surface area contributed by atoms with Gasteiger partial charge in [0.05, 0.1) is 12.4 Å². The smallest absolute Gasteiger partial charge is 0.326 e. The van der Waals surface area contributed by atoms with Crippen LogP contribution in [0.15, 0.2) is 12.5 Å². The van der Waals surface area contributed by atoms with Crippen molar-refractivity contribution in [3.05, 3.63) is 18.2 Å². The van der Waals surface area contributed by atoms with Crippen LogP contribution in [0.2, 0.25) is 0 Å². The molecule has 0 radical (unpaired) electrons. The summed E-state index contributed by atoms with van der Waals surface area (Å²) in [6.07, 6.45) is 3.59. The third-order valence-electron chi connectivity index (χ3n) is 5.77. The molecule has 1 aromatic heterocycles. The molecule has 9 N–H and O–H groups in total. The average Bonchev–Trinajstić information content (AvgIpc) is 3.31. The number of primary amides is 1. The van der Waals surface area contributed by atoms with E-state index in [1.165, 1.54) is 12.5 Å². The molecule has 4 amide bonds. The van der Waals surface area contributed by atoms with Crippen molar-refractivity contribution in [2.24, 2.45) is 23.3 Å². The number of carbonyl (C=O) groups excluding carboxylic acids is 4. The van der Waals surface area contributed by atoms with Gasteiger partial charge in [0.1, 0.15) is 18.1 Å². The maximum absolute atomic E-state index is 13.3. The summed E-state index contributed by atoms with van der Waals surface area (Å²) < 4.78 is 0. The SMILES string of the molecule is CCC(C)C(NC(=O)C(Cc1cnc[nH]1)NC(=O)C(N)CCC(N)=O)C(=O)NC(CC(C)C)C(=O)O. The van der Waals surface area contributed by atoms with E-state index in [2.05, 4.69) is 25.9 Å². The summed E-state index contributed by atoms with van der Waals surface area (Å²) in [5.41, 5.74) is 11.5. The van der Waals surface area contributed by atoms with E-state index in [4.69, 9.17) is 11.5 Å². The highest BCUT2D eigenvalue weighted by Gasteiger charge is 2.33. The van der Waals surface area contributed by atoms with E-state index >= 15 is 0 Å². The second-order valence-electron chi connectivity index (χ2n) is 9.35. The molecule has 202 valence electrons. The molecule has 0 saturated heterocycles. The van der Waals surface area contributed by atoms with Crippen LogP contribution < -0.4 is 27.4 Å². The molecule has 0 aliphatic heterocycles. The number of hydrogen-bond acceptors (Lipinski definition) is 7. The van der Waals surface area contributed by atoms with E-state index in [-0.39, 0.29) is 37.5 Å². The molecule has 1 rings (SSSR count). The number of aromatic amines is 1. The number of rotatable bonds is 16. The first-order valence-electron chi connectivity index (χ1n) is 12.0. The van der Waals surface area contributed by atoms with Gasteiger partial charge in [-0.2, -0.15) is 0 Å². The number of imidazole rings is 1. The summed E-state index contributed by atoms with van der Waals surface area (Å²) in [6, 6.07) is -4.34. The first kappa shape index (κ1) is 30.6. The summed E-state index contributed by atoms with van der Waals surface area (Å²) in [7, 11) is 0. The van der Waals surface area contributed by atoms with Gasteiger partial charge in [0.2, 0.25) is 23.6 Å². The van der Waals surface area contributed by atoms with Crippen molar-refractivity contribution in [2.45, 2.75) is 84.0 Å². The summed E-state index contributed by atoms with van der Waals surface area (Å²) in [5.74, 6) is -4.03. The normalized spacial score (nSPS) is 15.3. The van der Waals surface area contributed by atoms with Gasteiger partial charge in [-0.25, -0.2) is 9.78 Å². The standard InChI is InChI=1S/C23H39N7O6/c1-5-13(4)19(22(34)29-17(23(35)36)8-12(2)3)30-21(33)16(9-14-10-26-11-27-14)28-20(32)15(24)6-7-18(25)31/h10-13,15-17,19H,5-9,24H2,1-4H3,(H2,25,31)(H,26,27)(H,28,32)(H,29,34)(H,30,33)(H,35,36). The average molecular weight is 510 g/mol. The van der Waals surface area contributed by atoms with Crippen molar-refractivity contribution in [3.8, 4) is 0 Å². The monoisotopic (exact) mass is 509 g/mol. The Balaban J connectivity index is 3.06. The molecular weight excluding hydrogens is 470 g/mol. The van der Waals surface area contributed by atoms with Crippen molar-refractivity contribution in [2.75, 3.05) is 0 Å². The molecule has 13 heteroatoms. The van der Waals surface area contributed by atoms with E-state index in [1.54, 1.807) is 6.92 Å². The zero-order valence-electron chi connectivity index (χ0n) is 21.2. The summed E-state index contributed by atoms with van der Waals surface area (Å²) >= 11 is 0. The van der Waals surface area contributed by atoms with Gasteiger partial charge in [-0.1, -0.05) is 34.1 Å². The van der Waals surface area contributed by atoms with Crippen LogP contribution in [0.3, 0.4) is 0 Å². The largest absolute Gasteiger partial charge is 0.480 e. The predicted octanol–water partition coefficient (Wildman–Crippen LogP) is -0.824. The number of aliphatic carboxylic acids is 1. The number of H-pyrrole nitrogens is 1. The van der Waals surface area contributed by atoms with Crippen LogP contribution in [-0.4, -0.2) is 68.8 Å². The van der Waals surface area contributed by atoms with Gasteiger partial charge < -0.3 is 37.5 Å². The minimum atomic E-state index is -1.17. The molecule has 1 aromatic rings. The van der Waals surface area contributed by atoms with E-state index in [0.717, 1.165) is 0 Å². The van der Waals surface area contributed by atoms with E-state index in [1.807, 2.05) is 20.8 Å². The molecule has 0 bridgehead atoms. The molecule has 5 atom stereocenters. The van der Waals surface area contributed by atoms with Gasteiger partial charge >= 0.3 is 5.97 Å². The van der Waals surface area contributed by atoms with Crippen molar-refractivity contribution in [3.63, 3.8) is 0 Å². The van der Waals surface area contributed by atoms with Crippen LogP contribution in [0.5, 0.6) is 0 Å². The number of carboxylic acid groups (broad SMARTS) is 1. The molecule has 0 aliphatic rings. The second-order valence-corrected chi connectivity index (χ2v) is 9.35. The van der Waals surface area contributed by atoms with E-state index < -0.39 is 53.8 Å². The third kappa shape index (κ3) is 10.4. The number of nitrogens with one attached hydrogen (secondary N) is 4. The number of carbonyl (C=O) groups is 5. The van der Waals surface area contributed by atoms with Crippen LogP contribution in [0.25, 0.3) is 0 Å². The maximum Gasteiger partial charge on any atom is 0.326 e. The molecule has 1 heterocycles. The molecule has 0 saturated carbocycles. The topological polar surface area (TPSA) is 222 Å². The minimum Gasteiger partial charge on any atom is -0.480 e. The van der Waals surface area contributed by atoms with Gasteiger partial charge in [-0.3, -0.25) is 19.2 Å². The highest BCUT2D eigenvalue weighted by atomic mass is 16.4. The fourth-order valence-corrected chi connectivity index (χ4v) is 3.44. The molecule has 0 aliphatic carbocycles. The van der Waals surface area contributed by atoms with Crippen molar-refractivity contribution in [1.29, 1.82) is 0 Å². The Hall–Kier alpha value is -3.48. The number of amides is 4. The summed E-state index contributed by atoms with van der Waals surface area (Å²) in [6.45, 7) is 7.27. The Kier molecular flexibility index (Phi) is 12.6. The number of carboxylic acids is 1. The maximum atomic E-state index is 13.3. The zero-order chi connectivity index (χ0) is 27.4. The highest BCUT2D eigenvalue weighted by Crippen LogP contribution is 2.12. The fraction of sp³-hybridized carbons (Fsp3) is 0.652. The summed E-state index contributed by atoms with van der Waals surface area (Å²) in [4.78, 5) is 68.3. The van der Waals surface area contributed by atoms with Gasteiger partial charge in [0.25, 0.3) is 0 Å². The quantitative estimate of drug-likeness (QED) is 0.149. The Morgan fingerprint density at radius 2 is 1.67 bits per heavy atom. The van der Waals surface area contributed by atoms with Crippen LogP contribution in [-0.2, 0) is 30.4 Å². The molecule has 0 aromatic carbocycles. The second kappa shape index (κ2) is 14.8. The molecule has 36 heavy (non-hydrogen) atoms. The predicted molar refractivity (Wildman–Crippen MR) is 131 cm³/mol. The van der Waals surface area contributed by atoms with Gasteiger partial charge in [0, 0.05) is 24.7 Å². The summed E-state index contributed by atoms with van der Waals surface area (Å²) in [5, 5.41) is 17.2.